The predicted octanol–water partition coefficient (Wildman–Crippen LogP) is 3.36. The molecule has 1 saturated carbocycles. The van der Waals surface area contributed by atoms with E-state index in [1.807, 2.05) is 19.1 Å². The molecule has 0 saturated heterocycles. The van der Waals surface area contributed by atoms with E-state index in [-0.39, 0.29) is 11.4 Å². The fourth-order valence-electron chi connectivity index (χ4n) is 2.72. The Kier molecular flexibility index (Phi) is 2.40. The maximum absolute atomic E-state index is 11.4. The van der Waals surface area contributed by atoms with Gasteiger partial charge in [-0.15, -0.1) is 0 Å². The fourth-order valence-corrected chi connectivity index (χ4v) is 2.72. The largest absolute Gasteiger partial charge is 0.486 e. The molecule has 0 unspecified atom stereocenters. The zero-order chi connectivity index (χ0) is 12.8. The van der Waals surface area contributed by atoms with Crippen molar-refractivity contribution in [3.8, 4) is 0 Å². The Bertz CT molecular complexity index is 554. The minimum atomic E-state index is -0.204. The van der Waals surface area contributed by atoms with E-state index < -0.39 is 0 Å². The second-order valence-corrected chi connectivity index (χ2v) is 5.08. The molecular weight excluding hydrogens is 224 g/mol. The van der Waals surface area contributed by atoms with Gasteiger partial charge in [-0.3, -0.25) is 4.79 Å². The lowest BCUT2D eigenvalue weighted by atomic mass is 10.0. The fraction of sp³-hybridized carbons (Fsp3) is 0.312. The van der Waals surface area contributed by atoms with Crippen molar-refractivity contribution in [3.05, 3.63) is 59.4 Å². The summed E-state index contributed by atoms with van der Waals surface area (Å²) in [5.41, 5.74) is 1.80. The lowest BCUT2D eigenvalue weighted by Crippen LogP contribution is -2.18. The Labute approximate surface area is 107 Å². The molecule has 1 heterocycles. The Morgan fingerprint density at radius 1 is 1.33 bits per heavy atom. The van der Waals surface area contributed by atoms with Crippen molar-refractivity contribution < 1.29 is 9.53 Å². The van der Waals surface area contributed by atoms with Crippen LogP contribution in [0.15, 0.2) is 53.8 Å². The van der Waals surface area contributed by atoms with Crippen LogP contribution in [0.25, 0.3) is 0 Å². The highest BCUT2D eigenvalue weighted by Gasteiger charge is 2.56. The molecule has 0 N–H and O–H groups in total. The number of carbonyl (C=O) groups excluding carboxylic acids is 1. The van der Waals surface area contributed by atoms with E-state index >= 15 is 0 Å². The minimum Gasteiger partial charge on any atom is -0.486 e. The molecular formula is C16H16O2. The Hall–Kier alpha value is -1.83. The first kappa shape index (κ1) is 11.3. The van der Waals surface area contributed by atoms with Gasteiger partial charge >= 0.3 is 0 Å². The third kappa shape index (κ3) is 1.69. The predicted molar refractivity (Wildman–Crippen MR) is 70.1 cm³/mol. The van der Waals surface area contributed by atoms with Crippen molar-refractivity contribution in [1.82, 2.24) is 0 Å². The Morgan fingerprint density at radius 3 is 2.67 bits per heavy atom. The zero-order valence-corrected chi connectivity index (χ0v) is 10.6. The number of ether oxygens (including phenoxy) is 1. The number of hydrogen-bond acceptors (Lipinski definition) is 2. The van der Waals surface area contributed by atoms with Crippen LogP contribution in [-0.2, 0) is 9.53 Å². The Morgan fingerprint density at radius 2 is 2.06 bits per heavy atom. The van der Waals surface area contributed by atoms with E-state index in [0.717, 1.165) is 12.2 Å². The van der Waals surface area contributed by atoms with Gasteiger partial charge in [-0.05, 0) is 31.6 Å². The standard InChI is InChI=1S/C16H16O2/c1-11(17)14-8-9-16(18-12(14)2)10-15(16)13-6-4-3-5-7-13/h3-9,15H,10H2,1-2H3/t15-,16+/m0/s1. The van der Waals surface area contributed by atoms with Gasteiger partial charge in [-0.25, -0.2) is 0 Å². The zero-order valence-electron chi connectivity index (χ0n) is 10.6. The van der Waals surface area contributed by atoms with Crippen LogP contribution in [0.4, 0.5) is 0 Å². The molecule has 1 fully saturated rings. The number of Topliss-reactive ketones (excluding diaryl/α,β-unsaturated/α-hetero) is 1. The maximum atomic E-state index is 11.4. The van der Waals surface area contributed by atoms with Crippen molar-refractivity contribution in [2.75, 3.05) is 0 Å². The summed E-state index contributed by atoms with van der Waals surface area (Å²) in [5.74, 6) is 1.23. The SMILES string of the molecule is CC(=O)C1=C(C)O[C@]2(C=C1)C[C@H]2c1ccccc1. The van der Waals surface area contributed by atoms with Crippen LogP contribution in [0.1, 0.15) is 31.7 Å². The van der Waals surface area contributed by atoms with Crippen LogP contribution < -0.4 is 0 Å². The van der Waals surface area contributed by atoms with E-state index in [0.29, 0.717) is 11.5 Å². The highest BCUT2D eigenvalue weighted by atomic mass is 16.5. The van der Waals surface area contributed by atoms with Crippen LogP contribution >= 0.6 is 0 Å². The minimum absolute atomic E-state index is 0.0653. The summed E-state index contributed by atoms with van der Waals surface area (Å²) in [7, 11) is 0. The molecule has 92 valence electrons. The smallest absolute Gasteiger partial charge is 0.163 e. The van der Waals surface area contributed by atoms with Gasteiger partial charge in [0.25, 0.3) is 0 Å². The van der Waals surface area contributed by atoms with E-state index in [1.54, 1.807) is 6.92 Å². The summed E-state index contributed by atoms with van der Waals surface area (Å²) in [4.78, 5) is 11.4. The first-order chi connectivity index (χ1) is 8.62. The molecule has 0 bridgehead atoms. The van der Waals surface area contributed by atoms with Gasteiger partial charge in [0.2, 0.25) is 0 Å². The molecule has 0 amide bonds. The molecule has 1 aliphatic heterocycles. The highest BCUT2D eigenvalue weighted by Crippen LogP contribution is 2.57. The van der Waals surface area contributed by atoms with Crippen LogP contribution in [0.5, 0.6) is 0 Å². The lowest BCUT2D eigenvalue weighted by molar-refractivity contribution is -0.113. The molecule has 1 aromatic carbocycles. The van der Waals surface area contributed by atoms with E-state index in [9.17, 15) is 4.79 Å². The third-order valence-electron chi connectivity index (χ3n) is 3.79. The van der Waals surface area contributed by atoms with Gasteiger partial charge in [0.05, 0.1) is 5.57 Å². The number of rotatable bonds is 2. The lowest BCUT2D eigenvalue weighted by Gasteiger charge is -2.22. The Balaban J connectivity index is 1.84. The van der Waals surface area contributed by atoms with Gasteiger partial charge in [0.15, 0.2) is 5.78 Å². The molecule has 3 rings (SSSR count). The molecule has 0 radical (unpaired) electrons. The van der Waals surface area contributed by atoms with Crippen LogP contribution in [0.3, 0.4) is 0 Å². The molecule has 2 atom stereocenters. The maximum Gasteiger partial charge on any atom is 0.163 e. The van der Waals surface area contributed by atoms with Gasteiger partial charge in [0, 0.05) is 12.3 Å². The van der Waals surface area contributed by atoms with Crippen molar-refractivity contribution in [3.63, 3.8) is 0 Å². The quantitative estimate of drug-likeness (QED) is 0.792. The number of allylic oxidation sites excluding steroid dienone is 3. The van der Waals surface area contributed by atoms with Crippen LogP contribution in [0.2, 0.25) is 0 Å². The summed E-state index contributed by atoms with van der Waals surface area (Å²) >= 11 is 0. The second-order valence-electron chi connectivity index (χ2n) is 5.08. The summed E-state index contributed by atoms with van der Waals surface area (Å²) < 4.78 is 6.00. The van der Waals surface area contributed by atoms with E-state index in [4.69, 9.17) is 4.74 Å². The van der Waals surface area contributed by atoms with Crippen molar-refractivity contribution in [1.29, 1.82) is 0 Å². The monoisotopic (exact) mass is 240 g/mol. The molecule has 1 aromatic rings. The van der Waals surface area contributed by atoms with Crippen molar-refractivity contribution in [2.45, 2.75) is 31.8 Å². The van der Waals surface area contributed by atoms with E-state index in [1.165, 1.54) is 5.56 Å². The summed E-state index contributed by atoms with van der Waals surface area (Å²) in [5, 5.41) is 0. The van der Waals surface area contributed by atoms with Gasteiger partial charge in [-0.2, -0.15) is 0 Å². The molecule has 2 aliphatic rings. The number of hydrogen-bond donors (Lipinski definition) is 0. The number of ketones is 1. The summed E-state index contributed by atoms with van der Waals surface area (Å²) in [6, 6.07) is 10.4. The van der Waals surface area contributed by atoms with Gasteiger partial charge in [0.1, 0.15) is 11.4 Å². The van der Waals surface area contributed by atoms with Crippen LogP contribution in [0, 0.1) is 0 Å². The topological polar surface area (TPSA) is 26.3 Å². The van der Waals surface area contributed by atoms with Crippen molar-refractivity contribution in [2.24, 2.45) is 0 Å². The number of carbonyl (C=O) groups is 1. The normalized spacial score (nSPS) is 29.3. The second kappa shape index (κ2) is 3.84. The molecule has 2 nitrogen and oxygen atoms in total. The third-order valence-corrected chi connectivity index (χ3v) is 3.79. The van der Waals surface area contributed by atoms with Gasteiger partial charge in [-0.1, -0.05) is 30.3 Å². The molecule has 18 heavy (non-hydrogen) atoms. The van der Waals surface area contributed by atoms with Crippen molar-refractivity contribution >= 4 is 5.78 Å². The average Bonchev–Trinajstić information content (AvgIpc) is 3.03. The molecule has 2 heteroatoms. The highest BCUT2D eigenvalue weighted by molar-refractivity contribution is 5.96. The molecule has 1 aliphatic carbocycles. The van der Waals surface area contributed by atoms with Crippen LogP contribution in [-0.4, -0.2) is 11.4 Å². The summed E-state index contributed by atoms with van der Waals surface area (Å²) in [6.07, 6.45) is 4.97. The first-order valence-electron chi connectivity index (χ1n) is 6.27. The number of benzene rings is 1. The average molecular weight is 240 g/mol. The molecule has 0 aromatic heterocycles. The first-order valence-corrected chi connectivity index (χ1v) is 6.27. The van der Waals surface area contributed by atoms with Gasteiger partial charge < -0.3 is 4.74 Å². The molecule has 1 spiro atoms. The van der Waals surface area contributed by atoms with E-state index in [2.05, 4.69) is 30.3 Å². The summed E-state index contributed by atoms with van der Waals surface area (Å²) in [6.45, 7) is 3.45.